The van der Waals surface area contributed by atoms with Gasteiger partial charge in [0, 0.05) is 24.0 Å². The molecule has 218 valence electrons. The van der Waals surface area contributed by atoms with E-state index in [1.807, 2.05) is 49.4 Å². The van der Waals surface area contributed by atoms with Crippen LogP contribution in [0.3, 0.4) is 0 Å². The van der Waals surface area contributed by atoms with Crippen LogP contribution in [0.15, 0.2) is 78.9 Å². The maximum atomic E-state index is 14.2. The zero-order valence-corrected chi connectivity index (χ0v) is 25.2. The van der Waals surface area contributed by atoms with Crippen molar-refractivity contribution < 1.29 is 18.0 Å². The third-order valence-electron chi connectivity index (χ3n) is 7.52. The van der Waals surface area contributed by atoms with Crippen molar-refractivity contribution in [3.8, 4) is 0 Å². The number of carbonyl (C=O) groups is 2. The summed E-state index contributed by atoms with van der Waals surface area (Å²) in [6.45, 7) is 1.51. The van der Waals surface area contributed by atoms with Crippen LogP contribution in [0.4, 0.5) is 5.69 Å². The lowest BCUT2D eigenvalue weighted by Crippen LogP contribution is -2.55. The fourth-order valence-corrected chi connectivity index (χ4v) is 6.28. The molecule has 1 N–H and O–H groups in total. The van der Waals surface area contributed by atoms with Crippen LogP contribution >= 0.6 is 11.6 Å². The topological polar surface area (TPSA) is 86.8 Å². The number of hydrogen-bond donors (Lipinski definition) is 1. The quantitative estimate of drug-likeness (QED) is 0.317. The maximum Gasteiger partial charge on any atom is 0.244 e. The second-order valence-electron chi connectivity index (χ2n) is 10.8. The van der Waals surface area contributed by atoms with Crippen LogP contribution in [0.25, 0.3) is 0 Å². The number of anilines is 1. The predicted molar refractivity (Wildman–Crippen MR) is 164 cm³/mol. The first-order chi connectivity index (χ1) is 19.6. The van der Waals surface area contributed by atoms with Gasteiger partial charge in [-0.05, 0) is 49.1 Å². The van der Waals surface area contributed by atoms with Gasteiger partial charge in [-0.3, -0.25) is 13.9 Å². The minimum atomic E-state index is -3.81. The van der Waals surface area contributed by atoms with Gasteiger partial charge in [0.1, 0.15) is 12.6 Å². The Bertz CT molecular complexity index is 1420. The molecule has 1 aliphatic rings. The molecule has 3 aromatic carbocycles. The van der Waals surface area contributed by atoms with Crippen LogP contribution in [-0.4, -0.2) is 50.0 Å². The first-order valence-electron chi connectivity index (χ1n) is 14.0. The molecule has 41 heavy (non-hydrogen) atoms. The van der Waals surface area contributed by atoms with E-state index in [-0.39, 0.29) is 24.9 Å². The molecule has 1 saturated carbocycles. The van der Waals surface area contributed by atoms with E-state index in [0.717, 1.165) is 53.8 Å². The lowest BCUT2D eigenvalue weighted by Gasteiger charge is -2.35. The second-order valence-corrected chi connectivity index (χ2v) is 13.1. The molecule has 9 heteroatoms. The number of carbonyl (C=O) groups excluding carboxylic acids is 2. The van der Waals surface area contributed by atoms with Crippen LogP contribution in [-0.2, 0) is 32.6 Å². The Kier molecular flexibility index (Phi) is 10.5. The molecular formula is C32H38ClN3O4S. The number of nitrogens with zero attached hydrogens (tertiary/aromatic N) is 2. The molecule has 4 rings (SSSR count). The Labute approximate surface area is 248 Å². The Morgan fingerprint density at radius 2 is 1.56 bits per heavy atom. The molecule has 1 atom stereocenters. The smallest absolute Gasteiger partial charge is 0.244 e. The van der Waals surface area contributed by atoms with Gasteiger partial charge in [0.05, 0.1) is 11.9 Å². The van der Waals surface area contributed by atoms with Crippen LogP contribution in [0.5, 0.6) is 0 Å². The Morgan fingerprint density at radius 1 is 0.927 bits per heavy atom. The van der Waals surface area contributed by atoms with Crippen molar-refractivity contribution in [1.29, 1.82) is 0 Å². The zero-order chi connectivity index (χ0) is 29.4. The zero-order valence-electron chi connectivity index (χ0n) is 23.6. The largest absolute Gasteiger partial charge is 0.352 e. The van der Waals surface area contributed by atoms with Crippen molar-refractivity contribution in [2.75, 3.05) is 17.1 Å². The Hall–Kier alpha value is -3.36. The van der Waals surface area contributed by atoms with Crippen LogP contribution in [0.2, 0.25) is 5.02 Å². The number of nitrogens with one attached hydrogen (secondary N) is 1. The number of hydrogen-bond acceptors (Lipinski definition) is 4. The molecule has 0 radical (unpaired) electrons. The number of aryl methyl sites for hydroxylation is 1. The fraction of sp³-hybridized carbons (Fsp3) is 0.375. The molecule has 0 aliphatic heterocycles. The summed E-state index contributed by atoms with van der Waals surface area (Å²) in [4.78, 5) is 29.6. The summed E-state index contributed by atoms with van der Waals surface area (Å²) in [6, 6.07) is 22.9. The van der Waals surface area contributed by atoms with Gasteiger partial charge in [-0.15, -0.1) is 0 Å². The van der Waals surface area contributed by atoms with E-state index in [1.54, 1.807) is 36.4 Å². The first kappa shape index (κ1) is 30.6. The molecule has 7 nitrogen and oxygen atoms in total. The summed E-state index contributed by atoms with van der Waals surface area (Å²) in [7, 11) is -3.81. The number of benzene rings is 3. The van der Waals surface area contributed by atoms with E-state index in [2.05, 4.69) is 5.32 Å². The molecule has 0 spiro atoms. The van der Waals surface area contributed by atoms with Crippen molar-refractivity contribution in [1.82, 2.24) is 10.2 Å². The van der Waals surface area contributed by atoms with E-state index < -0.39 is 28.5 Å². The van der Waals surface area contributed by atoms with Gasteiger partial charge in [0.2, 0.25) is 21.8 Å². The van der Waals surface area contributed by atoms with Crippen molar-refractivity contribution in [2.45, 2.75) is 64.1 Å². The summed E-state index contributed by atoms with van der Waals surface area (Å²) < 4.78 is 26.9. The van der Waals surface area contributed by atoms with E-state index in [0.29, 0.717) is 16.3 Å². The molecule has 2 amide bonds. The highest BCUT2D eigenvalue weighted by Gasteiger charge is 2.34. The lowest BCUT2D eigenvalue weighted by molar-refractivity contribution is -0.140. The van der Waals surface area contributed by atoms with Crippen molar-refractivity contribution >= 4 is 39.1 Å². The van der Waals surface area contributed by atoms with Crippen molar-refractivity contribution in [3.05, 3.63) is 101 Å². The first-order valence-corrected chi connectivity index (χ1v) is 16.3. The van der Waals surface area contributed by atoms with Gasteiger partial charge >= 0.3 is 0 Å². The molecule has 0 bridgehead atoms. The SMILES string of the molecule is Cc1ccc(N(CC(=O)N(Cc2ccccc2Cl)C(Cc2ccccc2)C(=O)NC2CCCCC2)S(C)(=O)=O)cc1. The summed E-state index contributed by atoms with van der Waals surface area (Å²) in [5, 5.41) is 3.67. The van der Waals surface area contributed by atoms with Crippen LogP contribution in [0, 0.1) is 6.92 Å². The Balaban J connectivity index is 1.72. The average molecular weight is 596 g/mol. The monoisotopic (exact) mass is 595 g/mol. The van der Waals surface area contributed by atoms with Gasteiger partial charge in [-0.25, -0.2) is 8.42 Å². The highest BCUT2D eigenvalue weighted by atomic mass is 35.5. The third kappa shape index (κ3) is 8.57. The van der Waals surface area contributed by atoms with Gasteiger partial charge in [-0.1, -0.05) is 97.1 Å². The van der Waals surface area contributed by atoms with Crippen LogP contribution < -0.4 is 9.62 Å². The number of halogens is 1. The van der Waals surface area contributed by atoms with Gasteiger partial charge in [0.15, 0.2) is 0 Å². The lowest BCUT2D eigenvalue weighted by atomic mass is 9.94. The normalized spacial score (nSPS) is 14.7. The fourth-order valence-electron chi connectivity index (χ4n) is 5.23. The van der Waals surface area contributed by atoms with Gasteiger partial charge < -0.3 is 10.2 Å². The summed E-state index contributed by atoms with van der Waals surface area (Å²) >= 11 is 6.52. The van der Waals surface area contributed by atoms with Crippen molar-refractivity contribution in [3.63, 3.8) is 0 Å². The summed E-state index contributed by atoms with van der Waals surface area (Å²) in [5.74, 6) is -0.738. The summed E-state index contributed by atoms with van der Waals surface area (Å²) in [6.07, 6.45) is 6.41. The predicted octanol–water partition coefficient (Wildman–Crippen LogP) is 5.50. The molecule has 1 unspecified atom stereocenters. The molecule has 1 aliphatic carbocycles. The van der Waals surface area contributed by atoms with E-state index in [1.165, 1.54) is 4.90 Å². The summed E-state index contributed by atoms with van der Waals surface area (Å²) in [5.41, 5.74) is 2.92. The number of amides is 2. The van der Waals surface area contributed by atoms with E-state index in [9.17, 15) is 18.0 Å². The number of rotatable bonds is 11. The Morgan fingerprint density at radius 3 is 2.20 bits per heavy atom. The molecule has 3 aromatic rings. The standard InChI is InChI=1S/C32H38ClN3O4S/c1-24-17-19-28(20-18-24)36(41(2,39)40)23-31(37)35(22-26-13-9-10-16-29(26)33)30(21-25-11-5-3-6-12-25)32(38)34-27-14-7-4-8-15-27/h3,5-6,9-13,16-20,27,30H,4,7-8,14-15,21-23H2,1-2H3,(H,34,38). The molecule has 1 fully saturated rings. The van der Waals surface area contributed by atoms with Gasteiger partial charge in [-0.2, -0.15) is 0 Å². The maximum absolute atomic E-state index is 14.2. The highest BCUT2D eigenvalue weighted by Crippen LogP contribution is 2.24. The minimum absolute atomic E-state index is 0.0480. The molecule has 0 aromatic heterocycles. The third-order valence-corrected chi connectivity index (χ3v) is 9.03. The second kappa shape index (κ2) is 14.0. The minimum Gasteiger partial charge on any atom is -0.352 e. The van der Waals surface area contributed by atoms with Crippen LogP contribution in [0.1, 0.15) is 48.8 Å². The number of sulfonamides is 1. The highest BCUT2D eigenvalue weighted by molar-refractivity contribution is 7.92. The average Bonchev–Trinajstić information content (AvgIpc) is 2.95. The van der Waals surface area contributed by atoms with Crippen molar-refractivity contribution in [2.24, 2.45) is 0 Å². The van der Waals surface area contributed by atoms with Gasteiger partial charge in [0.25, 0.3) is 0 Å². The molecular weight excluding hydrogens is 558 g/mol. The van der Waals surface area contributed by atoms with E-state index >= 15 is 0 Å². The van der Waals surface area contributed by atoms with E-state index in [4.69, 9.17) is 11.6 Å². The molecule has 0 heterocycles. The molecule has 0 saturated heterocycles.